The first-order valence-corrected chi connectivity index (χ1v) is 3.95. The number of aryl methyl sites for hydroxylation is 1. The molecular formula is C8H6N2O5. The lowest BCUT2D eigenvalue weighted by atomic mass is 10.3. The summed E-state index contributed by atoms with van der Waals surface area (Å²) in [7, 11) is 0. The predicted octanol–water partition coefficient (Wildman–Crippen LogP) is 1.69. The quantitative estimate of drug-likeness (QED) is 0.753. The molecule has 0 aliphatic carbocycles. The fraction of sp³-hybridized carbons (Fsp3) is 0.125. The van der Waals surface area contributed by atoms with Crippen molar-refractivity contribution in [3.63, 3.8) is 0 Å². The Kier molecular flexibility index (Phi) is 2.13. The number of aromatic nitrogens is 2. The van der Waals surface area contributed by atoms with Crippen LogP contribution in [0.4, 0.5) is 4.79 Å². The third kappa shape index (κ3) is 1.80. The maximum Gasteiger partial charge on any atom is 0.512 e. The summed E-state index contributed by atoms with van der Waals surface area (Å²) in [6, 6.07) is 1.58. The number of rotatable bonds is 2. The largest absolute Gasteiger partial charge is 0.512 e. The molecular weight excluding hydrogens is 204 g/mol. The molecule has 0 aromatic carbocycles. The second-order valence-corrected chi connectivity index (χ2v) is 2.69. The van der Waals surface area contributed by atoms with E-state index < -0.39 is 6.16 Å². The van der Waals surface area contributed by atoms with Crippen LogP contribution in [-0.4, -0.2) is 21.4 Å². The Bertz CT molecular complexity index is 487. The second-order valence-electron chi connectivity index (χ2n) is 2.69. The first-order chi connectivity index (χ1) is 7.16. The van der Waals surface area contributed by atoms with Crippen LogP contribution in [0.15, 0.2) is 21.4 Å². The van der Waals surface area contributed by atoms with Crippen LogP contribution in [0, 0.1) is 6.92 Å². The normalized spacial score (nSPS) is 10.2. The van der Waals surface area contributed by atoms with E-state index in [9.17, 15) is 4.79 Å². The average Bonchev–Trinajstić information content (AvgIpc) is 2.72. The maximum atomic E-state index is 10.3. The zero-order valence-corrected chi connectivity index (χ0v) is 7.63. The highest BCUT2D eigenvalue weighted by Crippen LogP contribution is 2.29. The van der Waals surface area contributed by atoms with Gasteiger partial charge in [-0.3, -0.25) is 0 Å². The van der Waals surface area contributed by atoms with Crippen molar-refractivity contribution >= 4 is 6.16 Å². The van der Waals surface area contributed by atoms with Gasteiger partial charge < -0.3 is 18.8 Å². The minimum absolute atomic E-state index is 0.0954. The highest BCUT2D eigenvalue weighted by atomic mass is 16.7. The molecule has 0 unspecified atom stereocenters. The number of hydrogen-bond donors (Lipinski definition) is 1. The summed E-state index contributed by atoms with van der Waals surface area (Å²) < 4.78 is 14.2. The average molecular weight is 210 g/mol. The molecule has 0 spiro atoms. The smallest absolute Gasteiger partial charge is 0.449 e. The first kappa shape index (κ1) is 9.25. The zero-order chi connectivity index (χ0) is 10.8. The molecule has 2 heterocycles. The van der Waals surface area contributed by atoms with Crippen molar-refractivity contribution in [2.45, 2.75) is 6.92 Å². The summed E-state index contributed by atoms with van der Waals surface area (Å²) >= 11 is 0. The molecule has 0 aliphatic heterocycles. The van der Waals surface area contributed by atoms with Crippen molar-refractivity contribution in [2.24, 2.45) is 0 Å². The summed E-state index contributed by atoms with van der Waals surface area (Å²) in [5.41, 5.74) is 0.641. The Hall–Kier alpha value is -2.31. The van der Waals surface area contributed by atoms with Crippen LogP contribution in [0.25, 0.3) is 11.5 Å². The van der Waals surface area contributed by atoms with Gasteiger partial charge in [-0.2, -0.15) is 4.98 Å². The van der Waals surface area contributed by atoms with Crippen molar-refractivity contribution in [3.8, 4) is 17.4 Å². The van der Waals surface area contributed by atoms with Gasteiger partial charge in [-0.15, -0.1) is 0 Å². The SMILES string of the molecule is Cc1cc(-c2ocnc2OC(=O)O)on1. The van der Waals surface area contributed by atoms with Crippen molar-refractivity contribution in [3.05, 3.63) is 18.2 Å². The molecule has 0 aliphatic rings. The van der Waals surface area contributed by atoms with Gasteiger partial charge in [0.15, 0.2) is 6.39 Å². The molecule has 15 heavy (non-hydrogen) atoms. The number of ether oxygens (including phenoxy) is 1. The maximum absolute atomic E-state index is 10.3. The van der Waals surface area contributed by atoms with E-state index in [2.05, 4.69) is 14.9 Å². The minimum atomic E-state index is -1.47. The Morgan fingerprint density at radius 1 is 1.60 bits per heavy atom. The topological polar surface area (TPSA) is 98.6 Å². The zero-order valence-electron chi connectivity index (χ0n) is 7.63. The third-order valence-corrected chi connectivity index (χ3v) is 1.57. The van der Waals surface area contributed by atoms with Gasteiger partial charge >= 0.3 is 6.16 Å². The fourth-order valence-corrected chi connectivity index (χ4v) is 1.03. The molecule has 7 nitrogen and oxygen atoms in total. The molecule has 0 amide bonds. The minimum Gasteiger partial charge on any atom is -0.449 e. The monoisotopic (exact) mass is 210 g/mol. The summed E-state index contributed by atoms with van der Waals surface area (Å²) in [6.45, 7) is 1.72. The van der Waals surface area contributed by atoms with Gasteiger partial charge in [0.1, 0.15) is 0 Å². The molecule has 1 N–H and O–H groups in total. The Morgan fingerprint density at radius 3 is 3.00 bits per heavy atom. The van der Waals surface area contributed by atoms with Crippen LogP contribution in [0.2, 0.25) is 0 Å². The van der Waals surface area contributed by atoms with Gasteiger partial charge in [-0.1, -0.05) is 5.16 Å². The van der Waals surface area contributed by atoms with Crippen LogP contribution in [0.3, 0.4) is 0 Å². The number of nitrogens with zero attached hydrogens (tertiary/aromatic N) is 2. The van der Waals surface area contributed by atoms with Gasteiger partial charge in [-0.25, -0.2) is 4.79 Å². The van der Waals surface area contributed by atoms with E-state index in [1.54, 1.807) is 13.0 Å². The van der Waals surface area contributed by atoms with Gasteiger partial charge in [0, 0.05) is 6.07 Å². The third-order valence-electron chi connectivity index (χ3n) is 1.57. The molecule has 78 valence electrons. The molecule has 0 fully saturated rings. The van der Waals surface area contributed by atoms with E-state index in [0.29, 0.717) is 5.69 Å². The molecule has 2 aromatic heterocycles. The highest BCUT2D eigenvalue weighted by molar-refractivity contribution is 5.65. The van der Waals surface area contributed by atoms with Crippen LogP contribution in [-0.2, 0) is 0 Å². The number of carboxylic acid groups (broad SMARTS) is 1. The summed E-state index contributed by atoms with van der Waals surface area (Å²) in [5.74, 6) is 0.193. The van der Waals surface area contributed by atoms with E-state index >= 15 is 0 Å². The van der Waals surface area contributed by atoms with Crippen molar-refractivity contribution in [1.29, 1.82) is 0 Å². The van der Waals surface area contributed by atoms with Crippen molar-refractivity contribution in [1.82, 2.24) is 10.1 Å². The van der Waals surface area contributed by atoms with Crippen LogP contribution >= 0.6 is 0 Å². The Balaban J connectivity index is 2.36. The van der Waals surface area contributed by atoms with Gasteiger partial charge in [0.25, 0.3) is 5.88 Å². The lowest BCUT2D eigenvalue weighted by Crippen LogP contribution is -2.03. The number of carbonyl (C=O) groups is 1. The van der Waals surface area contributed by atoms with Crippen LogP contribution in [0.5, 0.6) is 5.88 Å². The van der Waals surface area contributed by atoms with E-state index in [1.165, 1.54) is 0 Å². The lowest BCUT2D eigenvalue weighted by molar-refractivity contribution is 0.142. The second kappa shape index (κ2) is 3.45. The standard InChI is InChI=1S/C8H6N2O5/c1-4-2-5(15-10-4)6-7(9-3-13-6)14-8(11)12/h2-3H,1H3,(H,11,12). The molecule has 0 saturated heterocycles. The van der Waals surface area contributed by atoms with Crippen LogP contribution in [0.1, 0.15) is 5.69 Å². The van der Waals surface area contributed by atoms with Gasteiger partial charge in [-0.05, 0) is 6.92 Å². The Labute approximate surface area is 83.3 Å². The van der Waals surface area contributed by atoms with E-state index in [-0.39, 0.29) is 17.4 Å². The van der Waals surface area contributed by atoms with E-state index in [0.717, 1.165) is 6.39 Å². The van der Waals surface area contributed by atoms with Crippen molar-refractivity contribution < 1.29 is 23.6 Å². The summed E-state index contributed by atoms with van der Waals surface area (Å²) in [5, 5.41) is 12.0. The van der Waals surface area contributed by atoms with Crippen molar-refractivity contribution in [2.75, 3.05) is 0 Å². The number of hydrogen-bond acceptors (Lipinski definition) is 6. The Morgan fingerprint density at radius 2 is 2.40 bits per heavy atom. The summed E-state index contributed by atoms with van der Waals surface area (Å²) in [6.07, 6.45) is -0.410. The van der Waals surface area contributed by atoms with Gasteiger partial charge in [0.2, 0.25) is 11.5 Å². The molecule has 0 radical (unpaired) electrons. The molecule has 2 rings (SSSR count). The molecule has 0 saturated carbocycles. The van der Waals surface area contributed by atoms with E-state index in [1.807, 2.05) is 0 Å². The summed E-state index contributed by atoms with van der Waals surface area (Å²) in [4.78, 5) is 13.9. The van der Waals surface area contributed by atoms with Gasteiger partial charge in [0.05, 0.1) is 5.69 Å². The lowest BCUT2D eigenvalue weighted by Gasteiger charge is -1.94. The molecule has 7 heteroatoms. The molecule has 2 aromatic rings. The fourth-order valence-electron chi connectivity index (χ4n) is 1.03. The van der Waals surface area contributed by atoms with Crippen LogP contribution < -0.4 is 4.74 Å². The highest BCUT2D eigenvalue weighted by Gasteiger charge is 2.18. The predicted molar refractivity (Wildman–Crippen MR) is 45.4 cm³/mol. The van der Waals surface area contributed by atoms with E-state index in [4.69, 9.17) is 14.0 Å². The molecule has 0 bridgehead atoms. The first-order valence-electron chi connectivity index (χ1n) is 3.95. The number of oxazole rings is 1. The molecule has 0 atom stereocenters.